The van der Waals surface area contributed by atoms with Gasteiger partial charge >= 0.3 is 5.97 Å². The Balaban J connectivity index is 1.86. The molecular weight excluding hydrogens is 344 g/mol. The molecule has 150 valence electrons. The molecule has 1 unspecified atom stereocenters. The van der Waals surface area contributed by atoms with Gasteiger partial charge in [0.25, 0.3) is 5.91 Å². The highest BCUT2D eigenvalue weighted by Crippen LogP contribution is 2.28. The quantitative estimate of drug-likeness (QED) is 0.717. The van der Waals surface area contributed by atoms with Crippen molar-refractivity contribution in [2.24, 2.45) is 0 Å². The van der Waals surface area contributed by atoms with Gasteiger partial charge in [0, 0.05) is 19.1 Å². The van der Waals surface area contributed by atoms with Crippen molar-refractivity contribution >= 4 is 11.9 Å². The maximum absolute atomic E-state index is 12.5. The van der Waals surface area contributed by atoms with Crippen LogP contribution in [0.25, 0.3) is 0 Å². The van der Waals surface area contributed by atoms with Crippen molar-refractivity contribution in [3.63, 3.8) is 0 Å². The molecule has 0 spiro atoms. The summed E-state index contributed by atoms with van der Waals surface area (Å²) in [5, 5.41) is 9.02. The zero-order valence-electron chi connectivity index (χ0n) is 16.7. The zero-order chi connectivity index (χ0) is 19.8. The van der Waals surface area contributed by atoms with Gasteiger partial charge in [0.15, 0.2) is 6.61 Å². The summed E-state index contributed by atoms with van der Waals surface area (Å²) in [5.74, 6) is 0.368. The van der Waals surface area contributed by atoms with Gasteiger partial charge in [0.05, 0.1) is 6.54 Å². The Labute approximate surface area is 162 Å². The monoisotopic (exact) mass is 376 g/mol. The SMILES string of the molecule is CCC(C)c1ccccc1OCC(=O)N1CCC(N(CC)CC(=O)O)CC1. The van der Waals surface area contributed by atoms with Crippen LogP contribution in [0.4, 0.5) is 0 Å². The van der Waals surface area contributed by atoms with E-state index in [9.17, 15) is 9.59 Å². The topological polar surface area (TPSA) is 70.1 Å². The molecule has 0 radical (unpaired) electrons. The molecule has 1 aliphatic heterocycles. The molecule has 0 saturated carbocycles. The van der Waals surface area contributed by atoms with Crippen molar-refractivity contribution in [2.75, 3.05) is 32.8 Å². The number of nitrogens with zero attached hydrogens (tertiary/aromatic N) is 2. The predicted octanol–water partition coefficient (Wildman–Crippen LogP) is 2.98. The standard InChI is InChI=1S/C21H32N2O4/c1-4-16(3)18-8-6-7-9-19(18)27-15-20(24)23-12-10-17(11-13-23)22(5-2)14-21(25)26/h6-9,16-17H,4-5,10-15H2,1-3H3,(H,25,26). The summed E-state index contributed by atoms with van der Waals surface area (Å²) < 4.78 is 5.84. The molecule has 1 heterocycles. The first kappa shape index (κ1) is 21.2. The van der Waals surface area contributed by atoms with Crippen LogP contribution in [0.2, 0.25) is 0 Å². The van der Waals surface area contributed by atoms with E-state index >= 15 is 0 Å². The molecular formula is C21H32N2O4. The lowest BCUT2D eigenvalue weighted by molar-refractivity contribution is -0.140. The summed E-state index contributed by atoms with van der Waals surface area (Å²) in [4.78, 5) is 27.3. The molecule has 1 aliphatic rings. The lowest BCUT2D eigenvalue weighted by Gasteiger charge is -2.37. The molecule has 0 aliphatic carbocycles. The van der Waals surface area contributed by atoms with E-state index in [4.69, 9.17) is 9.84 Å². The van der Waals surface area contributed by atoms with Gasteiger partial charge in [-0.3, -0.25) is 14.5 Å². The van der Waals surface area contributed by atoms with Crippen LogP contribution in [0.1, 0.15) is 51.5 Å². The highest BCUT2D eigenvalue weighted by Gasteiger charge is 2.27. The molecule has 1 atom stereocenters. The first-order valence-electron chi connectivity index (χ1n) is 9.91. The summed E-state index contributed by atoms with van der Waals surface area (Å²) in [6.45, 7) is 8.39. The highest BCUT2D eigenvalue weighted by molar-refractivity contribution is 5.78. The average Bonchev–Trinajstić information content (AvgIpc) is 2.69. The van der Waals surface area contributed by atoms with Gasteiger partial charge in [-0.15, -0.1) is 0 Å². The maximum Gasteiger partial charge on any atom is 0.317 e. The van der Waals surface area contributed by atoms with E-state index in [0.717, 1.165) is 30.6 Å². The molecule has 27 heavy (non-hydrogen) atoms. The molecule has 6 heteroatoms. The predicted molar refractivity (Wildman–Crippen MR) is 105 cm³/mol. The van der Waals surface area contributed by atoms with Gasteiger partial charge in [-0.25, -0.2) is 0 Å². The molecule has 1 amide bonds. The highest BCUT2D eigenvalue weighted by atomic mass is 16.5. The van der Waals surface area contributed by atoms with Crippen molar-refractivity contribution in [1.82, 2.24) is 9.80 Å². The summed E-state index contributed by atoms with van der Waals surface area (Å²) in [5.41, 5.74) is 1.14. The van der Waals surface area contributed by atoms with Crippen LogP contribution in [-0.2, 0) is 9.59 Å². The number of carboxylic acid groups (broad SMARTS) is 1. The second-order valence-electron chi connectivity index (χ2n) is 7.20. The Morgan fingerprint density at radius 1 is 1.26 bits per heavy atom. The molecule has 1 N–H and O–H groups in total. The number of hydrogen-bond donors (Lipinski definition) is 1. The third-order valence-corrected chi connectivity index (χ3v) is 5.49. The molecule has 0 aromatic heterocycles. The summed E-state index contributed by atoms with van der Waals surface area (Å²) in [6, 6.07) is 8.13. The maximum atomic E-state index is 12.5. The second kappa shape index (κ2) is 10.3. The van der Waals surface area contributed by atoms with Crippen LogP contribution >= 0.6 is 0 Å². The molecule has 1 saturated heterocycles. The number of benzene rings is 1. The van der Waals surface area contributed by atoms with Gasteiger partial charge in [-0.05, 0) is 43.4 Å². The lowest BCUT2D eigenvalue weighted by Crippen LogP contribution is -2.49. The third-order valence-electron chi connectivity index (χ3n) is 5.49. The van der Waals surface area contributed by atoms with E-state index in [1.54, 1.807) is 0 Å². The number of rotatable bonds is 9. The molecule has 1 aromatic carbocycles. The van der Waals surface area contributed by atoms with Crippen LogP contribution in [0.5, 0.6) is 5.75 Å². The molecule has 6 nitrogen and oxygen atoms in total. The number of ether oxygens (including phenoxy) is 1. The Morgan fingerprint density at radius 3 is 2.52 bits per heavy atom. The largest absolute Gasteiger partial charge is 0.483 e. The zero-order valence-corrected chi connectivity index (χ0v) is 16.7. The van der Waals surface area contributed by atoms with E-state index in [-0.39, 0.29) is 25.1 Å². The van der Waals surface area contributed by atoms with Crippen molar-refractivity contribution in [2.45, 2.75) is 52.0 Å². The van der Waals surface area contributed by atoms with E-state index in [0.29, 0.717) is 25.6 Å². The number of likely N-dealkylation sites (tertiary alicyclic amines) is 1. The normalized spacial score (nSPS) is 16.4. The minimum absolute atomic E-state index is 0.00584. The van der Waals surface area contributed by atoms with E-state index in [1.165, 1.54) is 0 Å². The number of carbonyl (C=O) groups is 2. The fourth-order valence-corrected chi connectivity index (χ4v) is 3.62. The van der Waals surface area contributed by atoms with Crippen LogP contribution in [0.3, 0.4) is 0 Å². The molecule has 0 bridgehead atoms. The third kappa shape index (κ3) is 5.96. The van der Waals surface area contributed by atoms with Crippen molar-refractivity contribution in [3.05, 3.63) is 29.8 Å². The number of carbonyl (C=O) groups excluding carboxylic acids is 1. The van der Waals surface area contributed by atoms with Crippen molar-refractivity contribution in [3.8, 4) is 5.75 Å². The molecule has 1 aromatic rings. The van der Waals surface area contributed by atoms with E-state index in [2.05, 4.69) is 19.9 Å². The van der Waals surface area contributed by atoms with Crippen molar-refractivity contribution < 1.29 is 19.4 Å². The number of aliphatic carboxylic acids is 1. The van der Waals surface area contributed by atoms with Crippen LogP contribution in [-0.4, -0.2) is 65.6 Å². The van der Waals surface area contributed by atoms with Gasteiger partial charge in [0.1, 0.15) is 5.75 Å². The Kier molecular flexibility index (Phi) is 8.10. The Hall–Kier alpha value is -2.08. The molecule has 2 rings (SSSR count). The Bertz CT molecular complexity index is 626. The number of piperidine rings is 1. The van der Waals surface area contributed by atoms with Crippen LogP contribution in [0.15, 0.2) is 24.3 Å². The van der Waals surface area contributed by atoms with E-state index < -0.39 is 5.97 Å². The number of para-hydroxylation sites is 1. The number of carboxylic acids is 1. The first-order chi connectivity index (χ1) is 13.0. The van der Waals surface area contributed by atoms with Gasteiger partial charge < -0.3 is 14.7 Å². The fourth-order valence-electron chi connectivity index (χ4n) is 3.62. The number of hydrogen-bond acceptors (Lipinski definition) is 4. The Morgan fingerprint density at radius 2 is 1.93 bits per heavy atom. The summed E-state index contributed by atoms with van der Waals surface area (Å²) >= 11 is 0. The van der Waals surface area contributed by atoms with Gasteiger partial charge in [-0.1, -0.05) is 39.0 Å². The average molecular weight is 376 g/mol. The first-order valence-corrected chi connectivity index (χ1v) is 9.91. The van der Waals surface area contributed by atoms with Gasteiger partial charge in [0.2, 0.25) is 0 Å². The van der Waals surface area contributed by atoms with E-state index in [1.807, 2.05) is 34.9 Å². The number of amides is 1. The fraction of sp³-hybridized carbons (Fsp3) is 0.619. The van der Waals surface area contributed by atoms with Crippen LogP contribution in [0, 0.1) is 0 Å². The minimum atomic E-state index is -0.802. The summed E-state index contributed by atoms with van der Waals surface area (Å²) in [7, 11) is 0. The number of likely N-dealkylation sites (N-methyl/N-ethyl adjacent to an activating group) is 1. The molecule has 1 fully saturated rings. The second-order valence-corrected chi connectivity index (χ2v) is 7.20. The van der Waals surface area contributed by atoms with Crippen molar-refractivity contribution in [1.29, 1.82) is 0 Å². The lowest BCUT2D eigenvalue weighted by atomic mass is 9.98. The smallest absolute Gasteiger partial charge is 0.317 e. The minimum Gasteiger partial charge on any atom is -0.483 e. The van der Waals surface area contributed by atoms with Crippen LogP contribution < -0.4 is 4.74 Å². The summed E-state index contributed by atoms with van der Waals surface area (Å²) in [6.07, 6.45) is 2.62. The van der Waals surface area contributed by atoms with Gasteiger partial charge in [-0.2, -0.15) is 0 Å².